The normalized spacial score (nSPS) is 21.3. The molecule has 2 N–H and O–H groups in total. The van der Waals surface area contributed by atoms with E-state index < -0.39 is 17.3 Å². The number of nitrogens with one attached hydrogen (secondary N) is 2. The molecule has 0 bridgehead atoms. The van der Waals surface area contributed by atoms with E-state index in [2.05, 4.69) is 49.8 Å². The number of fused-ring (bicyclic) bond motifs is 1. The van der Waals surface area contributed by atoms with E-state index in [1.54, 1.807) is 0 Å². The van der Waals surface area contributed by atoms with E-state index >= 15 is 0 Å². The van der Waals surface area contributed by atoms with E-state index in [1.165, 1.54) is 26.6 Å². The van der Waals surface area contributed by atoms with E-state index in [1.807, 2.05) is 0 Å². The van der Waals surface area contributed by atoms with Gasteiger partial charge in [0, 0.05) is 30.7 Å². The van der Waals surface area contributed by atoms with Gasteiger partial charge in [-0.05, 0) is 62.6 Å². The van der Waals surface area contributed by atoms with Gasteiger partial charge >= 0.3 is 5.69 Å². The standard InChI is InChI=1S/C23H29F2N9O2/c1-23(2)11-13(8-14-6-5-7-33(14)23)27-20-16(25)12-26-21(29-20)28-17-10-18(19(36-4)9-15(17)24)34-22(35)32(3)30-31-34/h9-10,12-14H,5-8,11H2,1-4H3,(H2,26,27,28,29)/t13-,14+/m1/s1. The number of rotatable bonds is 6. The Kier molecular flexibility index (Phi) is 6.10. The zero-order valence-corrected chi connectivity index (χ0v) is 20.6. The minimum absolute atomic E-state index is 0.00188. The maximum absolute atomic E-state index is 14.9. The van der Waals surface area contributed by atoms with Gasteiger partial charge in [0.25, 0.3) is 0 Å². The lowest BCUT2D eigenvalue weighted by Gasteiger charge is -2.47. The van der Waals surface area contributed by atoms with Crippen molar-refractivity contribution in [3.63, 3.8) is 0 Å². The molecule has 0 radical (unpaired) electrons. The molecule has 0 spiro atoms. The summed E-state index contributed by atoms with van der Waals surface area (Å²) in [6.45, 7) is 5.53. The second kappa shape index (κ2) is 9.12. The van der Waals surface area contributed by atoms with Gasteiger partial charge < -0.3 is 15.4 Å². The van der Waals surface area contributed by atoms with Crippen LogP contribution in [0.15, 0.2) is 23.1 Å². The average molecular weight is 502 g/mol. The van der Waals surface area contributed by atoms with Gasteiger partial charge in [-0.25, -0.2) is 18.6 Å². The Balaban J connectivity index is 1.41. The largest absolute Gasteiger partial charge is 0.494 e. The predicted molar refractivity (Wildman–Crippen MR) is 129 cm³/mol. The lowest BCUT2D eigenvalue weighted by Crippen LogP contribution is -2.55. The van der Waals surface area contributed by atoms with Gasteiger partial charge in [-0.1, -0.05) is 0 Å². The number of anilines is 3. The van der Waals surface area contributed by atoms with Crippen molar-refractivity contribution < 1.29 is 13.5 Å². The summed E-state index contributed by atoms with van der Waals surface area (Å²) in [5.74, 6) is -1.12. The van der Waals surface area contributed by atoms with Crippen molar-refractivity contribution in [2.45, 2.75) is 57.2 Å². The molecule has 3 aromatic rings. The molecule has 0 aliphatic carbocycles. The summed E-state index contributed by atoms with van der Waals surface area (Å²) in [5, 5.41) is 13.5. The van der Waals surface area contributed by atoms with Gasteiger partial charge in [-0.3, -0.25) is 4.90 Å². The SMILES string of the molecule is COc1cc(F)c(Nc2ncc(F)c(N[C@@H]3C[C@@H]4CCCN4C(C)(C)C3)n2)cc1-n1nnn(C)c1=O. The summed E-state index contributed by atoms with van der Waals surface area (Å²) in [5.41, 5.74) is -0.402. The summed E-state index contributed by atoms with van der Waals surface area (Å²) in [7, 11) is 2.80. The molecule has 2 aliphatic rings. The highest BCUT2D eigenvalue weighted by molar-refractivity contribution is 5.63. The molecule has 2 aromatic heterocycles. The van der Waals surface area contributed by atoms with Gasteiger partial charge in [0.1, 0.15) is 11.4 Å². The van der Waals surface area contributed by atoms with Gasteiger partial charge in [-0.2, -0.15) is 14.3 Å². The number of halogens is 2. The molecule has 13 heteroatoms. The zero-order chi connectivity index (χ0) is 25.6. The molecule has 1 aromatic carbocycles. The Labute approximate surface area is 206 Å². The Morgan fingerprint density at radius 1 is 1.19 bits per heavy atom. The van der Waals surface area contributed by atoms with Crippen LogP contribution in [0, 0.1) is 11.6 Å². The van der Waals surface area contributed by atoms with Crippen molar-refractivity contribution in [1.29, 1.82) is 0 Å². The number of ether oxygens (including phenoxy) is 1. The topological polar surface area (TPSA) is 115 Å². The maximum Gasteiger partial charge on any atom is 0.368 e. The lowest BCUT2D eigenvalue weighted by molar-refractivity contribution is 0.0500. The Morgan fingerprint density at radius 2 is 2.00 bits per heavy atom. The van der Waals surface area contributed by atoms with Crippen molar-refractivity contribution in [3.8, 4) is 11.4 Å². The van der Waals surface area contributed by atoms with E-state index in [0.717, 1.165) is 47.4 Å². The number of aromatic nitrogens is 6. The highest BCUT2D eigenvalue weighted by Gasteiger charge is 2.43. The Bertz CT molecular complexity index is 1340. The van der Waals surface area contributed by atoms with E-state index in [4.69, 9.17) is 4.74 Å². The number of benzene rings is 1. The summed E-state index contributed by atoms with van der Waals surface area (Å²) in [4.78, 5) is 23.1. The third-order valence-corrected chi connectivity index (χ3v) is 7.01. The smallest absolute Gasteiger partial charge is 0.368 e. The van der Waals surface area contributed by atoms with E-state index in [-0.39, 0.29) is 40.5 Å². The predicted octanol–water partition coefficient (Wildman–Crippen LogP) is 2.60. The summed E-state index contributed by atoms with van der Waals surface area (Å²) in [6, 6.07) is 2.95. The molecule has 36 heavy (non-hydrogen) atoms. The van der Waals surface area contributed by atoms with Crippen molar-refractivity contribution in [1.82, 2.24) is 34.7 Å². The number of tetrazole rings is 1. The molecule has 2 atom stereocenters. The molecule has 0 saturated carbocycles. The van der Waals surface area contributed by atoms with Gasteiger partial charge in [-0.15, -0.1) is 0 Å². The first-order valence-corrected chi connectivity index (χ1v) is 11.9. The number of piperidine rings is 1. The van der Waals surface area contributed by atoms with Crippen LogP contribution in [0.3, 0.4) is 0 Å². The second-order valence-electron chi connectivity index (χ2n) is 9.90. The fourth-order valence-corrected chi connectivity index (χ4v) is 5.40. The highest BCUT2D eigenvalue weighted by atomic mass is 19.1. The van der Waals surface area contributed by atoms with Crippen LogP contribution in [0.25, 0.3) is 5.69 Å². The van der Waals surface area contributed by atoms with Gasteiger partial charge in [0.05, 0.1) is 19.0 Å². The first-order valence-electron chi connectivity index (χ1n) is 11.9. The molecular formula is C23H29F2N9O2. The first kappa shape index (κ1) is 24.1. The molecular weight excluding hydrogens is 472 g/mol. The minimum Gasteiger partial charge on any atom is -0.494 e. The zero-order valence-electron chi connectivity index (χ0n) is 20.6. The van der Waals surface area contributed by atoms with Gasteiger partial charge in [0.15, 0.2) is 17.5 Å². The Hall–Kier alpha value is -3.61. The van der Waals surface area contributed by atoms with Crippen LogP contribution >= 0.6 is 0 Å². The molecule has 0 unspecified atom stereocenters. The molecule has 2 aliphatic heterocycles. The van der Waals surface area contributed by atoms with Crippen molar-refractivity contribution in [2.75, 3.05) is 24.3 Å². The van der Waals surface area contributed by atoms with Crippen LogP contribution in [-0.2, 0) is 7.05 Å². The van der Waals surface area contributed by atoms with Crippen molar-refractivity contribution in [2.24, 2.45) is 7.05 Å². The number of hydrogen-bond donors (Lipinski definition) is 2. The molecule has 5 rings (SSSR count). The Morgan fingerprint density at radius 3 is 2.72 bits per heavy atom. The van der Waals surface area contributed by atoms with Crippen LogP contribution in [0.4, 0.5) is 26.2 Å². The van der Waals surface area contributed by atoms with Crippen LogP contribution in [-0.4, -0.2) is 65.9 Å². The quantitative estimate of drug-likeness (QED) is 0.526. The van der Waals surface area contributed by atoms with Gasteiger partial charge in [0.2, 0.25) is 5.95 Å². The molecule has 0 amide bonds. The van der Waals surface area contributed by atoms with Crippen LogP contribution in [0.2, 0.25) is 0 Å². The molecule has 4 heterocycles. The molecule has 192 valence electrons. The molecule has 11 nitrogen and oxygen atoms in total. The summed E-state index contributed by atoms with van der Waals surface area (Å²) in [6.07, 6.45) is 5.10. The number of hydrogen-bond acceptors (Lipinski definition) is 9. The first-order chi connectivity index (χ1) is 17.2. The summed E-state index contributed by atoms with van der Waals surface area (Å²) >= 11 is 0. The van der Waals surface area contributed by atoms with Crippen molar-refractivity contribution >= 4 is 17.5 Å². The number of nitrogens with zero attached hydrogens (tertiary/aromatic N) is 7. The number of aryl methyl sites for hydroxylation is 1. The third-order valence-electron chi connectivity index (χ3n) is 7.01. The van der Waals surface area contributed by atoms with Crippen LogP contribution < -0.4 is 21.1 Å². The monoisotopic (exact) mass is 501 g/mol. The van der Waals surface area contributed by atoms with E-state index in [9.17, 15) is 13.6 Å². The average Bonchev–Trinajstić information content (AvgIpc) is 3.44. The summed E-state index contributed by atoms with van der Waals surface area (Å²) < 4.78 is 36.8. The second-order valence-corrected chi connectivity index (χ2v) is 9.90. The highest BCUT2D eigenvalue weighted by Crippen LogP contribution is 2.38. The molecule has 2 fully saturated rings. The fourth-order valence-electron chi connectivity index (χ4n) is 5.40. The lowest BCUT2D eigenvalue weighted by atomic mass is 9.84. The van der Waals surface area contributed by atoms with Crippen LogP contribution in [0.5, 0.6) is 5.75 Å². The minimum atomic E-state index is -0.676. The maximum atomic E-state index is 14.9. The number of methoxy groups -OCH3 is 1. The van der Waals surface area contributed by atoms with E-state index in [0.29, 0.717) is 6.04 Å². The third kappa shape index (κ3) is 4.38. The fraction of sp³-hybridized carbons (Fsp3) is 0.522. The van der Waals surface area contributed by atoms with Crippen molar-refractivity contribution in [3.05, 3.63) is 40.4 Å². The van der Waals surface area contributed by atoms with Crippen LogP contribution in [0.1, 0.15) is 39.5 Å². The molecule has 2 saturated heterocycles.